The molecule has 3 N–H and O–H groups in total. The van der Waals surface area contributed by atoms with E-state index in [-0.39, 0.29) is 5.41 Å². The van der Waals surface area contributed by atoms with Gasteiger partial charge in [-0.1, -0.05) is 45.0 Å². The molecule has 1 atom stereocenters. The Bertz CT molecular complexity index is 315. The molecule has 0 aliphatic heterocycles. The first-order chi connectivity index (χ1) is 6.95. The zero-order chi connectivity index (χ0) is 11.5. The van der Waals surface area contributed by atoms with Gasteiger partial charge in [-0.2, -0.15) is 0 Å². The number of hydrogen-bond donors (Lipinski definition) is 2. The van der Waals surface area contributed by atoms with Gasteiger partial charge in [0.2, 0.25) is 0 Å². The van der Waals surface area contributed by atoms with Gasteiger partial charge in [0, 0.05) is 6.54 Å². The second kappa shape index (κ2) is 4.77. The van der Waals surface area contributed by atoms with Gasteiger partial charge in [0.25, 0.3) is 0 Å². The highest BCUT2D eigenvalue weighted by atomic mass is 16.3. The normalized spacial score (nSPS) is 13.9. The van der Waals surface area contributed by atoms with E-state index < -0.39 is 6.10 Å². The molecule has 0 saturated heterocycles. The molecule has 84 valence electrons. The quantitative estimate of drug-likeness (QED) is 0.794. The van der Waals surface area contributed by atoms with Crippen LogP contribution in [0.25, 0.3) is 0 Å². The van der Waals surface area contributed by atoms with Gasteiger partial charge in [0.1, 0.15) is 0 Å². The molecule has 0 fully saturated rings. The van der Waals surface area contributed by atoms with E-state index in [1.54, 1.807) is 0 Å². The largest absolute Gasteiger partial charge is 0.391 e. The molecule has 1 rings (SSSR count). The average molecular weight is 207 g/mol. The summed E-state index contributed by atoms with van der Waals surface area (Å²) in [5.41, 5.74) is 8.03. The van der Waals surface area contributed by atoms with Gasteiger partial charge in [-0.3, -0.25) is 0 Å². The molecule has 0 radical (unpaired) electrons. The summed E-state index contributed by atoms with van der Waals surface area (Å²) in [6, 6.07) is 8.24. The fourth-order valence-corrected chi connectivity index (χ4v) is 1.77. The smallest absolute Gasteiger partial charge is 0.0702 e. The first-order valence-electron chi connectivity index (χ1n) is 5.41. The summed E-state index contributed by atoms with van der Waals surface area (Å²) >= 11 is 0. The molecule has 0 amide bonds. The third-order valence-corrected chi connectivity index (χ3v) is 2.55. The first kappa shape index (κ1) is 12.2. The molecule has 0 spiro atoms. The van der Waals surface area contributed by atoms with E-state index >= 15 is 0 Å². The van der Waals surface area contributed by atoms with Crippen molar-refractivity contribution in [1.29, 1.82) is 0 Å². The van der Waals surface area contributed by atoms with Crippen LogP contribution in [0.1, 0.15) is 31.9 Å². The van der Waals surface area contributed by atoms with Gasteiger partial charge in [-0.15, -0.1) is 0 Å². The standard InChI is InChI=1S/C13H21NO/c1-13(2,3)12-7-5-4-6-10(12)8-11(15)9-14/h4-7,11,15H,8-9,14H2,1-3H3. The highest BCUT2D eigenvalue weighted by Gasteiger charge is 2.18. The molecular weight excluding hydrogens is 186 g/mol. The summed E-state index contributed by atoms with van der Waals surface area (Å²) in [4.78, 5) is 0. The second-order valence-electron chi connectivity index (χ2n) is 5.00. The Labute approximate surface area is 92.1 Å². The van der Waals surface area contributed by atoms with Crippen molar-refractivity contribution < 1.29 is 5.11 Å². The van der Waals surface area contributed by atoms with Crippen molar-refractivity contribution in [3.05, 3.63) is 35.4 Å². The maximum absolute atomic E-state index is 9.58. The van der Waals surface area contributed by atoms with Crippen LogP contribution in [0.15, 0.2) is 24.3 Å². The maximum Gasteiger partial charge on any atom is 0.0702 e. The average Bonchev–Trinajstić information content (AvgIpc) is 2.17. The van der Waals surface area contributed by atoms with Crippen LogP contribution >= 0.6 is 0 Å². The van der Waals surface area contributed by atoms with E-state index in [0.717, 1.165) is 0 Å². The minimum Gasteiger partial charge on any atom is -0.391 e. The van der Waals surface area contributed by atoms with Crippen LogP contribution in [-0.4, -0.2) is 17.8 Å². The van der Waals surface area contributed by atoms with Crippen LogP contribution in [0.3, 0.4) is 0 Å². The molecule has 0 aliphatic carbocycles. The van der Waals surface area contributed by atoms with Crippen LogP contribution < -0.4 is 5.73 Å². The summed E-state index contributed by atoms with van der Waals surface area (Å²) in [7, 11) is 0. The molecule has 2 nitrogen and oxygen atoms in total. The Morgan fingerprint density at radius 2 is 1.87 bits per heavy atom. The molecule has 1 aromatic carbocycles. The monoisotopic (exact) mass is 207 g/mol. The minimum atomic E-state index is -0.437. The van der Waals surface area contributed by atoms with E-state index in [0.29, 0.717) is 13.0 Å². The summed E-state index contributed by atoms with van der Waals surface area (Å²) < 4.78 is 0. The lowest BCUT2D eigenvalue weighted by molar-refractivity contribution is 0.183. The van der Waals surface area contributed by atoms with E-state index in [9.17, 15) is 5.11 Å². The van der Waals surface area contributed by atoms with Gasteiger partial charge in [-0.25, -0.2) is 0 Å². The lowest BCUT2D eigenvalue weighted by Crippen LogP contribution is -2.24. The Kier molecular flexibility index (Phi) is 3.89. The number of benzene rings is 1. The van der Waals surface area contributed by atoms with Crippen molar-refractivity contribution in [1.82, 2.24) is 0 Å². The minimum absolute atomic E-state index is 0.116. The Morgan fingerprint density at radius 1 is 1.27 bits per heavy atom. The van der Waals surface area contributed by atoms with Crippen molar-refractivity contribution in [2.75, 3.05) is 6.54 Å². The third-order valence-electron chi connectivity index (χ3n) is 2.55. The molecule has 15 heavy (non-hydrogen) atoms. The molecule has 0 saturated carbocycles. The van der Waals surface area contributed by atoms with Crippen molar-refractivity contribution in [3.8, 4) is 0 Å². The third kappa shape index (κ3) is 3.33. The molecule has 0 heterocycles. The van der Waals surface area contributed by atoms with Gasteiger partial charge >= 0.3 is 0 Å². The zero-order valence-electron chi connectivity index (χ0n) is 9.83. The fourth-order valence-electron chi connectivity index (χ4n) is 1.77. The van der Waals surface area contributed by atoms with Crippen LogP contribution in [0.2, 0.25) is 0 Å². The predicted molar refractivity (Wildman–Crippen MR) is 63.9 cm³/mol. The SMILES string of the molecule is CC(C)(C)c1ccccc1CC(O)CN. The van der Waals surface area contributed by atoms with Crippen molar-refractivity contribution in [3.63, 3.8) is 0 Å². The van der Waals surface area contributed by atoms with Crippen molar-refractivity contribution >= 4 is 0 Å². The Morgan fingerprint density at radius 3 is 2.40 bits per heavy atom. The zero-order valence-corrected chi connectivity index (χ0v) is 9.83. The van der Waals surface area contributed by atoms with Gasteiger partial charge in [0.05, 0.1) is 6.10 Å². The van der Waals surface area contributed by atoms with Gasteiger partial charge in [-0.05, 0) is 23.0 Å². The molecule has 0 bridgehead atoms. The topological polar surface area (TPSA) is 46.2 Å². The van der Waals surface area contributed by atoms with E-state index in [4.69, 9.17) is 5.73 Å². The molecule has 1 aromatic rings. The van der Waals surface area contributed by atoms with Crippen molar-refractivity contribution in [2.24, 2.45) is 5.73 Å². The predicted octanol–water partition coefficient (Wildman–Crippen LogP) is 1.85. The molecule has 1 unspecified atom stereocenters. The lowest BCUT2D eigenvalue weighted by atomic mass is 9.82. The first-order valence-corrected chi connectivity index (χ1v) is 5.41. The second-order valence-corrected chi connectivity index (χ2v) is 5.00. The molecule has 0 aromatic heterocycles. The maximum atomic E-state index is 9.58. The molecule has 0 aliphatic rings. The lowest BCUT2D eigenvalue weighted by Gasteiger charge is -2.23. The number of rotatable bonds is 3. The Hall–Kier alpha value is -0.860. The van der Waals surface area contributed by atoms with E-state index in [1.807, 2.05) is 12.1 Å². The van der Waals surface area contributed by atoms with Crippen molar-refractivity contribution in [2.45, 2.75) is 38.7 Å². The summed E-state index contributed by atoms with van der Waals surface area (Å²) in [6.07, 6.45) is 0.206. The summed E-state index contributed by atoms with van der Waals surface area (Å²) in [6.45, 7) is 6.86. The van der Waals surface area contributed by atoms with Crippen LogP contribution in [0.4, 0.5) is 0 Å². The van der Waals surface area contributed by atoms with Crippen LogP contribution in [-0.2, 0) is 11.8 Å². The molecule has 2 heteroatoms. The summed E-state index contributed by atoms with van der Waals surface area (Å²) in [5.74, 6) is 0. The van der Waals surface area contributed by atoms with E-state index in [2.05, 4.69) is 32.9 Å². The highest BCUT2D eigenvalue weighted by molar-refractivity contribution is 5.33. The van der Waals surface area contributed by atoms with Gasteiger partial charge in [0.15, 0.2) is 0 Å². The number of nitrogens with two attached hydrogens (primary N) is 1. The fraction of sp³-hybridized carbons (Fsp3) is 0.538. The summed E-state index contributed by atoms with van der Waals surface area (Å²) in [5, 5.41) is 9.58. The number of aliphatic hydroxyl groups excluding tert-OH is 1. The van der Waals surface area contributed by atoms with E-state index in [1.165, 1.54) is 11.1 Å². The number of aliphatic hydroxyl groups is 1. The Balaban J connectivity index is 2.97. The van der Waals surface area contributed by atoms with Gasteiger partial charge < -0.3 is 10.8 Å². The highest BCUT2D eigenvalue weighted by Crippen LogP contribution is 2.26. The molecular formula is C13H21NO. The van der Waals surface area contributed by atoms with Crippen LogP contribution in [0.5, 0.6) is 0 Å². The van der Waals surface area contributed by atoms with Crippen LogP contribution in [0, 0.1) is 0 Å². The number of hydrogen-bond acceptors (Lipinski definition) is 2.